The van der Waals surface area contributed by atoms with Crippen LogP contribution in [0.2, 0.25) is 0 Å². The van der Waals surface area contributed by atoms with Crippen LogP contribution in [0, 0.1) is 6.92 Å². The Morgan fingerprint density at radius 1 is 0.750 bits per heavy atom. The van der Waals surface area contributed by atoms with Crippen molar-refractivity contribution in [2.75, 3.05) is 0 Å². The molecule has 0 unspecified atom stereocenters. The van der Waals surface area contributed by atoms with E-state index in [4.69, 9.17) is 4.52 Å². The normalized spacial score (nSPS) is 10.7. The Morgan fingerprint density at radius 3 is 2.33 bits per heavy atom. The van der Waals surface area contributed by atoms with Crippen LogP contribution >= 0.6 is 0 Å². The highest BCUT2D eigenvalue weighted by Crippen LogP contribution is 2.25. The van der Waals surface area contributed by atoms with Crippen LogP contribution in [0.1, 0.15) is 5.89 Å². The monoisotopic (exact) mass is 314 g/mol. The third kappa shape index (κ3) is 2.79. The highest BCUT2D eigenvalue weighted by Gasteiger charge is 2.09. The number of aromatic nitrogens is 4. The van der Waals surface area contributed by atoms with Crippen LogP contribution in [0.4, 0.5) is 0 Å². The van der Waals surface area contributed by atoms with Crippen LogP contribution in [0.15, 0.2) is 71.5 Å². The molecule has 116 valence electrons. The molecule has 0 fully saturated rings. The molecular formula is C19H14N4O. The molecule has 0 saturated heterocycles. The van der Waals surface area contributed by atoms with E-state index in [0.29, 0.717) is 17.4 Å². The van der Waals surface area contributed by atoms with Crippen molar-refractivity contribution in [1.29, 1.82) is 0 Å². The molecule has 0 aliphatic heterocycles. The number of benzene rings is 1. The van der Waals surface area contributed by atoms with E-state index in [1.807, 2.05) is 42.6 Å². The van der Waals surface area contributed by atoms with Gasteiger partial charge < -0.3 is 4.52 Å². The van der Waals surface area contributed by atoms with Crippen molar-refractivity contribution in [1.82, 2.24) is 20.1 Å². The van der Waals surface area contributed by atoms with Crippen molar-refractivity contribution in [3.05, 3.63) is 72.9 Å². The Morgan fingerprint density at radius 2 is 1.54 bits per heavy atom. The number of hydrogen-bond donors (Lipinski definition) is 0. The molecule has 0 spiro atoms. The van der Waals surface area contributed by atoms with Gasteiger partial charge in [-0.05, 0) is 23.8 Å². The molecule has 0 amide bonds. The summed E-state index contributed by atoms with van der Waals surface area (Å²) < 4.78 is 5.03. The quantitative estimate of drug-likeness (QED) is 0.568. The molecule has 1 aromatic carbocycles. The lowest BCUT2D eigenvalue weighted by molar-refractivity contribution is 0.394. The van der Waals surface area contributed by atoms with Gasteiger partial charge >= 0.3 is 0 Å². The van der Waals surface area contributed by atoms with Gasteiger partial charge in [0, 0.05) is 30.4 Å². The fourth-order valence-electron chi connectivity index (χ4n) is 2.49. The molecule has 0 saturated carbocycles. The van der Waals surface area contributed by atoms with Crippen molar-refractivity contribution in [2.45, 2.75) is 6.92 Å². The molecule has 5 heteroatoms. The van der Waals surface area contributed by atoms with Crippen molar-refractivity contribution in [2.24, 2.45) is 0 Å². The van der Waals surface area contributed by atoms with Gasteiger partial charge in [-0.25, -0.2) is 4.98 Å². The van der Waals surface area contributed by atoms with E-state index in [1.54, 1.807) is 13.1 Å². The fraction of sp³-hybridized carbons (Fsp3) is 0.0526. The minimum absolute atomic E-state index is 0.488. The van der Waals surface area contributed by atoms with Gasteiger partial charge in [0.1, 0.15) is 5.69 Å². The van der Waals surface area contributed by atoms with Gasteiger partial charge in [-0.1, -0.05) is 41.6 Å². The maximum absolute atomic E-state index is 5.03. The van der Waals surface area contributed by atoms with Gasteiger partial charge in [-0.15, -0.1) is 0 Å². The molecule has 0 bridgehead atoms. The van der Waals surface area contributed by atoms with E-state index in [2.05, 4.69) is 38.3 Å². The average Bonchev–Trinajstić information content (AvgIpc) is 3.09. The number of aryl methyl sites for hydroxylation is 1. The lowest BCUT2D eigenvalue weighted by Crippen LogP contribution is -1.91. The summed E-state index contributed by atoms with van der Waals surface area (Å²) in [6.45, 7) is 1.76. The van der Waals surface area contributed by atoms with Gasteiger partial charge in [0.05, 0.1) is 5.69 Å². The van der Waals surface area contributed by atoms with Gasteiger partial charge in [-0.2, -0.15) is 4.98 Å². The van der Waals surface area contributed by atoms with E-state index >= 15 is 0 Å². The number of pyridine rings is 2. The standard InChI is InChI=1S/C19H14N4O/c1-13-21-19(23-24-13)18-9-5-8-17(22-18)16-10-15(11-20-12-16)14-6-3-2-4-7-14/h2-12H,1H3. The first kappa shape index (κ1) is 14.3. The molecule has 4 aromatic rings. The summed E-state index contributed by atoms with van der Waals surface area (Å²) >= 11 is 0. The van der Waals surface area contributed by atoms with Crippen molar-refractivity contribution >= 4 is 0 Å². The average molecular weight is 314 g/mol. The predicted molar refractivity (Wildman–Crippen MR) is 90.9 cm³/mol. The third-order valence-corrected chi connectivity index (χ3v) is 3.65. The number of nitrogens with zero attached hydrogens (tertiary/aromatic N) is 4. The summed E-state index contributed by atoms with van der Waals surface area (Å²) in [6.07, 6.45) is 3.66. The second kappa shape index (κ2) is 6.04. The van der Waals surface area contributed by atoms with Crippen LogP contribution in [-0.2, 0) is 0 Å². The summed E-state index contributed by atoms with van der Waals surface area (Å²) in [7, 11) is 0. The van der Waals surface area contributed by atoms with Crippen LogP contribution in [-0.4, -0.2) is 20.1 Å². The Balaban J connectivity index is 1.74. The van der Waals surface area contributed by atoms with Gasteiger partial charge in [-0.3, -0.25) is 4.98 Å². The molecule has 5 nitrogen and oxygen atoms in total. The zero-order chi connectivity index (χ0) is 16.4. The second-order valence-electron chi connectivity index (χ2n) is 5.37. The summed E-state index contributed by atoms with van der Waals surface area (Å²) in [4.78, 5) is 13.2. The van der Waals surface area contributed by atoms with E-state index in [1.165, 1.54) is 0 Å². The topological polar surface area (TPSA) is 64.7 Å². The molecule has 24 heavy (non-hydrogen) atoms. The van der Waals surface area contributed by atoms with E-state index < -0.39 is 0 Å². The molecule has 0 radical (unpaired) electrons. The van der Waals surface area contributed by atoms with Crippen molar-refractivity contribution in [3.63, 3.8) is 0 Å². The molecule has 0 atom stereocenters. The Hall–Kier alpha value is -3.34. The summed E-state index contributed by atoms with van der Waals surface area (Å²) in [6, 6.07) is 18.0. The minimum Gasteiger partial charge on any atom is -0.339 e. The van der Waals surface area contributed by atoms with E-state index in [-0.39, 0.29) is 0 Å². The SMILES string of the molecule is Cc1nc(-c2cccc(-c3cncc(-c4ccccc4)c3)n2)no1. The Labute approximate surface area is 139 Å². The van der Waals surface area contributed by atoms with Gasteiger partial charge in [0.25, 0.3) is 0 Å². The molecule has 3 heterocycles. The molecule has 0 aliphatic rings. The third-order valence-electron chi connectivity index (χ3n) is 3.65. The maximum Gasteiger partial charge on any atom is 0.223 e. The van der Waals surface area contributed by atoms with E-state index in [0.717, 1.165) is 22.4 Å². The Kier molecular flexibility index (Phi) is 3.59. The molecular weight excluding hydrogens is 300 g/mol. The first-order chi connectivity index (χ1) is 11.8. The molecule has 0 aliphatic carbocycles. The largest absolute Gasteiger partial charge is 0.339 e. The first-order valence-electron chi connectivity index (χ1n) is 7.58. The van der Waals surface area contributed by atoms with Crippen molar-refractivity contribution < 1.29 is 4.52 Å². The highest BCUT2D eigenvalue weighted by molar-refractivity contribution is 5.70. The lowest BCUT2D eigenvalue weighted by Gasteiger charge is -2.05. The zero-order valence-electron chi connectivity index (χ0n) is 13.0. The highest BCUT2D eigenvalue weighted by atomic mass is 16.5. The smallest absolute Gasteiger partial charge is 0.223 e. The van der Waals surface area contributed by atoms with Crippen molar-refractivity contribution in [3.8, 4) is 33.9 Å². The molecule has 0 N–H and O–H groups in total. The summed E-state index contributed by atoms with van der Waals surface area (Å²) in [5.41, 5.74) is 4.61. The van der Waals surface area contributed by atoms with Crippen LogP contribution in [0.3, 0.4) is 0 Å². The summed E-state index contributed by atoms with van der Waals surface area (Å²) in [5.74, 6) is 1.01. The lowest BCUT2D eigenvalue weighted by atomic mass is 10.0. The van der Waals surface area contributed by atoms with Crippen LogP contribution < -0.4 is 0 Å². The zero-order valence-corrected chi connectivity index (χ0v) is 13.0. The second-order valence-corrected chi connectivity index (χ2v) is 5.37. The Bertz CT molecular complexity index is 979. The maximum atomic E-state index is 5.03. The fourth-order valence-corrected chi connectivity index (χ4v) is 2.49. The van der Waals surface area contributed by atoms with Gasteiger partial charge in [0.2, 0.25) is 11.7 Å². The minimum atomic E-state index is 0.488. The number of rotatable bonds is 3. The molecule has 3 aromatic heterocycles. The van der Waals surface area contributed by atoms with Crippen LogP contribution in [0.25, 0.3) is 33.9 Å². The predicted octanol–water partition coefficient (Wildman–Crippen LogP) is 4.17. The van der Waals surface area contributed by atoms with E-state index in [9.17, 15) is 0 Å². The number of hydrogen-bond acceptors (Lipinski definition) is 5. The molecule has 4 rings (SSSR count). The summed E-state index contributed by atoms with van der Waals surface area (Å²) in [5, 5.41) is 3.92. The van der Waals surface area contributed by atoms with Gasteiger partial charge in [0.15, 0.2) is 0 Å². The first-order valence-corrected chi connectivity index (χ1v) is 7.58. The van der Waals surface area contributed by atoms with Crippen LogP contribution in [0.5, 0.6) is 0 Å².